The van der Waals surface area contributed by atoms with Crippen molar-refractivity contribution in [2.45, 2.75) is 31.4 Å². The third-order valence-corrected chi connectivity index (χ3v) is 3.05. The normalized spacial score (nSPS) is 33.2. The average Bonchev–Trinajstić information content (AvgIpc) is 2.08. The summed E-state index contributed by atoms with van der Waals surface area (Å²) in [7, 11) is 0. The zero-order chi connectivity index (χ0) is 10.3. The smallest absolute Gasteiger partial charge is 0.177 e. The lowest BCUT2D eigenvalue weighted by Gasteiger charge is -2.43. The Morgan fingerprint density at radius 2 is 2.07 bits per heavy atom. The molecule has 3 nitrogen and oxygen atoms in total. The Kier molecular flexibility index (Phi) is 2.19. The number of rotatable bonds is 0. The molecule has 0 aromatic carbocycles. The molecule has 2 fully saturated rings. The molecule has 2 unspecified atom stereocenters. The minimum absolute atomic E-state index is 0.110. The summed E-state index contributed by atoms with van der Waals surface area (Å²) in [6.45, 7) is 8.04. The fraction of sp³-hybridized carbons (Fsp3) is 0.545. The number of ketones is 1. The quantitative estimate of drug-likeness (QED) is 0.580. The van der Waals surface area contributed by atoms with Crippen LogP contribution in [0.25, 0.3) is 0 Å². The van der Waals surface area contributed by atoms with Crippen LogP contribution in [0.5, 0.6) is 0 Å². The van der Waals surface area contributed by atoms with Crippen molar-refractivity contribution >= 4 is 5.78 Å². The van der Waals surface area contributed by atoms with Crippen molar-refractivity contribution in [3.63, 3.8) is 0 Å². The number of carbonyl (C=O) groups is 1. The number of carbonyl (C=O) groups excluding carboxylic acids is 1. The van der Waals surface area contributed by atoms with Crippen molar-refractivity contribution in [3.05, 3.63) is 24.4 Å². The van der Waals surface area contributed by atoms with E-state index in [0.29, 0.717) is 25.0 Å². The predicted molar refractivity (Wildman–Crippen MR) is 53.6 cm³/mol. The fourth-order valence-electron chi connectivity index (χ4n) is 2.27. The van der Waals surface area contributed by atoms with Gasteiger partial charge in [-0.15, -0.1) is 0 Å². The number of hydrogen-bond acceptors (Lipinski definition) is 3. The van der Waals surface area contributed by atoms with Gasteiger partial charge in [0.25, 0.3) is 0 Å². The minimum Gasteiger partial charge on any atom is -0.393 e. The van der Waals surface area contributed by atoms with Crippen LogP contribution in [-0.2, 0) is 4.79 Å². The van der Waals surface area contributed by atoms with Gasteiger partial charge >= 0.3 is 0 Å². The van der Waals surface area contributed by atoms with Gasteiger partial charge < -0.3 is 10.0 Å². The molecule has 0 radical (unpaired) electrons. The monoisotopic (exact) mass is 193 g/mol. The molecule has 2 atom stereocenters. The molecule has 2 aliphatic heterocycles. The van der Waals surface area contributed by atoms with E-state index < -0.39 is 0 Å². The lowest BCUT2D eigenvalue weighted by Crippen LogP contribution is -2.48. The second-order valence-corrected chi connectivity index (χ2v) is 4.17. The molecule has 76 valence electrons. The molecule has 0 saturated carbocycles. The Morgan fingerprint density at radius 3 is 2.79 bits per heavy atom. The first kappa shape index (κ1) is 9.46. The molecule has 2 heterocycles. The molecule has 1 N–H and O–H groups in total. The molecule has 0 amide bonds. The topological polar surface area (TPSA) is 40.5 Å². The summed E-state index contributed by atoms with van der Waals surface area (Å²) >= 11 is 0. The van der Waals surface area contributed by atoms with Crippen molar-refractivity contribution in [3.8, 4) is 0 Å². The Bertz CT molecular complexity index is 308. The van der Waals surface area contributed by atoms with Crippen LogP contribution in [0.4, 0.5) is 0 Å². The van der Waals surface area contributed by atoms with E-state index in [0.717, 1.165) is 12.1 Å². The first-order valence-corrected chi connectivity index (χ1v) is 4.91. The Hall–Kier alpha value is -1.09. The van der Waals surface area contributed by atoms with E-state index in [1.807, 2.05) is 4.90 Å². The highest BCUT2D eigenvalue weighted by atomic mass is 16.3. The van der Waals surface area contributed by atoms with E-state index in [2.05, 4.69) is 13.2 Å². The van der Waals surface area contributed by atoms with E-state index in [1.165, 1.54) is 0 Å². The second-order valence-electron chi connectivity index (χ2n) is 4.17. The van der Waals surface area contributed by atoms with Gasteiger partial charge in [0, 0.05) is 18.2 Å². The first-order chi connectivity index (χ1) is 6.58. The summed E-state index contributed by atoms with van der Waals surface area (Å²) in [4.78, 5) is 13.4. The number of fused-ring (bicyclic) bond motifs is 1. The second kappa shape index (κ2) is 3.24. The van der Waals surface area contributed by atoms with Gasteiger partial charge in [-0.2, -0.15) is 0 Å². The van der Waals surface area contributed by atoms with Crippen LogP contribution in [0.2, 0.25) is 0 Å². The van der Waals surface area contributed by atoms with Crippen LogP contribution in [0.3, 0.4) is 0 Å². The van der Waals surface area contributed by atoms with Gasteiger partial charge in [0.2, 0.25) is 0 Å². The molecular formula is C11H15NO2. The summed E-state index contributed by atoms with van der Waals surface area (Å²) in [6, 6.07) is 0.233. The number of aliphatic hydroxyl groups is 1. The lowest BCUT2D eigenvalue weighted by molar-refractivity contribution is -0.119. The van der Waals surface area contributed by atoms with Crippen LogP contribution in [0.15, 0.2) is 24.4 Å². The van der Waals surface area contributed by atoms with Crippen molar-refractivity contribution in [1.82, 2.24) is 4.90 Å². The van der Waals surface area contributed by atoms with E-state index >= 15 is 0 Å². The van der Waals surface area contributed by atoms with Gasteiger partial charge in [0.1, 0.15) is 0 Å². The van der Waals surface area contributed by atoms with Crippen LogP contribution >= 0.6 is 0 Å². The molecule has 0 aromatic heterocycles. The molecular weight excluding hydrogens is 178 g/mol. The summed E-state index contributed by atoms with van der Waals surface area (Å²) in [6.07, 6.45) is 1.70. The highest BCUT2D eigenvalue weighted by Crippen LogP contribution is 2.31. The van der Waals surface area contributed by atoms with Gasteiger partial charge in [-0.05, 0) is 18.4 Å². The zero-order valence-electron chi connectivity index (χ0n) is 8.20. The highest BCUT2D eigenvalue weighted by Gasteiger charge is 2.35. The van der Waals surface area contributed by atoms with E-state index in [-0.39, 0.29) is 17.9 Å². The molecule has 14 heavy (non-hydrogen) atoms. The van der Waals surface area contributed by atoms with Crippen molar-refractivity contribution < 1.29 is 9.90 Å². The van der Waals surface area contributed by atoms with Gasteiger partial charge in [-0.25, -0.2) is 0 Å². The molecule has 0 bridgehead atoms. The summed E-state index contributed by atoms with van der Waals surface area (Å²) < 4.78 is 0. The number of Topliss-reactive ketones (excluding diaryl/α,β-unsaturated/α-hetero) is 1. The largest absolute Gasteiger partial charge is 0.393 e. The maximum absolute atomic E-state index is 11.4. The van der Waals surface area contributed by atoms with E-state index in [4.69, 9.17) is 0 Å². The Balaban J connectivity index is 2.17. The van der Waals surface area contributed by atoms with Crippen molar-refractivity contribution in [1.29, 1.82) is 0 Å². The van der Waals surface area contributed by atoms with Gasteiger partial charge in [-0.3, -0.25) is 4.79 Å². The predicted octanol–water partition coefficient (Wildman–Crippen LogP) is 0.854. The number of hydrogen-bond donors (Lipinski definition) is 1. The van der Waals surface area contributed by atoms with E-state index in [1.54, 1.807) is 0 Å². The average molecular weight is 193 g/mol. The third-order valence-electron chi connectivity index (χ3n) is 3.05. The molecule has 2 saturated heterocycles. The van der Waals surface area contributed by atoms with Crippen LogP contribution < -0.4 is 0 Å². The zero-order valence-corrected chi connectivity index (χ0v) is 8.20. The number of nitrogens with zero attached hydrogens (tertiary/aromatic N) is 1. The van der Waals surface area contributed by atoms with Gasteiger partial charge in [0.05, 0.1) is 12.6 Å². The first-order valence-electron chi connectivity index (χ1n) is 4.91. The molecule has 0 spiro atoms. The summed E-state index contributed by atoms with van der Waals surface area (Å²) in [5, 5.41) is 9.57. The third kappa shape index (κ3) is 1.48. The van der Waals surface area contributed by atoms with Crippen LogP contribution in [0, 0.1) is 0 Å². The SMILES string of the molecule is C=C1CC2CC(O)CC(=C)N2CC1=O. The number of aliphatic hydroxyl groups excluding tert-OH is 1. The lowest BCUT2D eigenvalue weighted by atomic mass is 9.87. The Morgan fingerprint density at radius 1 is 1.36 bits per heavy atom. The minimum atomic E-state index is -0.301. The Labute approximate surface area is 83.7 Å². The van der Waals surface area contributed by atoms with Crippen molar-refractivity contribution in [2.24, 2.45) is 0 Å². The van der Waals surface area contributed by atoms with Gasteiger partial charge in [-0.1, -0.05) is 13.2 Å². The molecule has 0 aliphatic carbocycles. The fourth-order valence-corrected chi connectivity index (χ4v) is 2.27. The van der Waals surface area contributed by atoms with Crippen LogP contribution in [0.1, 0.15) is 19.3 Å². The molecule has 0 aromatic rings. The van der Waals surface area contributed by atoms with E-state index in [9.17, 15) is 9.90 Å². The highest BCUT2D eigenvalue weighted by molar-refractivity contribution is 5.97. The molecule has 2 rings (SSSR count). The standard InChI is InChI=1S/C11H15NO2/c1-7-3-9-5-10(13)4-8(2)12(9)6-11(7)14/h9-10,13H,1-6H2. The van der Waals surface area contributed by atoms with Crippen LogP contribution in [-0.4, -0.2) is 34.5 Å². The van der Waals surface area contributed by atoms with Gasteiger partial charge in [0.15, 0.2) is 5.78 Å². The maximum Gasteiger partial charge on any atom is 0.177 e. The maximum atomic E-state index is 11.4. The number of piperidine rings is 2. The summed E-state index contributed by atoms with van der Waals surface area (Å²) in [5.41, 5.74) is 1.57. The van der Waals surface area contributed by atoms with Crippen molar-refractivity contribution in [2.75, 3.05) is 6.54 Å². The summed E-state index contributed by atoms with van der Waals surface area (Å²) in [5.74, 6) is 0.110. The molecule has 3 heteroatoms. The molecule has 2 aliphatic rings.